The molecule has 1 atom stereocenters. The second kappa shape index (κ2) is 11.3. The summed E-state index contributed by atoms with van der Waals surface area (Å²) in [5, 5.41) is 0. The maximum Gasteiger partial charge on any atom is 0.170 e. The third kappa shape index (κ3) is 5.88. The summed E-state index contributed by atoms with van der Waals surface area (Å²) in [6.45, 7) is 1.81. The molecule has 0 amide bonds. The average molecular weight is 461 g/mol. The van der Waals surface area contributed by atoms with Crippen LogP contribution in [0.4, 0.5) is 0 Å². The molecule has 0 fully saturated rings. The van der Waals surface area contributed by atoms with Crippen LogP contribution in [0.15, 0.2) is 109 Å². The van der Waals surface area contributed by atoms with E-state index < -0.39 is 5.92 Å². The number of hydrogen-bond acceptors (Lipinski definition) is 3. The zero-order valence-electron chi connectivity index (χ0n) is 19.8. The number of carbonyl (C=O) groups is 3. The monoisotopic (exact) mass is 460 g/mol. The maximum absolute atomic E-state index is 13.6. The number of carbonyl (C=O) groups excluding carboxylic acids is 3. The number of hydrogen-bond donors (Lipinski definition) is 0. The Kier molecular flexibility index (Phi) is 7.79. The van der Waals surface area contributed by atoms with Crippen LogP contribution in [0, 0.1) is 0 Å². The topological polar surface area (TPSA) is 51.2 Å². The zero-order valence-corrected chi connectivity index (χ0v) is 19.8. The Morgan fingerprint density at radius 3 is 1.83 bits per heavy atom. The van der Waals surface area contributed by atoms with Gasteiger partial charge in [0.25, 0.3) is 0 Å². The van der Waals surface area contributed by atoms with E-state index in [0.29, 0.717) is 28.7 Å². The van der Waals surface area contributed by atoms with Crippen molar-refractivity contribution in [1.82, 2.24) is 0 Å². The Morgan fingerprint density at radius 1 is 0.629 bits per heavy atom. The second-order valence-corrected chi connectivity index (χ2v) is 8.72. The minimum Gasteiger partial charge on any atom is -0.294 e. The van der Waals surface area contributed by atoms with E-state index in [1.807, 2.05) is 85.8 Å². The molecule has 1 unspecified atom stereocenters. The molecule has 4 aromatic carbocycles. The van der Waals surface area contributed by atoms with Gasteiger partial charge in [-0.2, -0.15) is 0 Å². The first-order valence-corrected chi connectivity index (χ1v) is 11.9. The van der Waals surface area contributed by atoms with Crippen molar-refractivity contribution < 1.29 is 14.4 Å². The van der Waals surface area contributed by atoms with Gasteiger partial charge in [0.1, 0.15) is 0 Å². The fraction of sp³-hybridized carbons (Fsp3) is 0.156. The van der Waals surface area contributed by atoms with Crippen LogP contribution in [0.3, 0.4) is 0 Å². The number of rotatable bonds is 10. The van der Waals surface area contributed by atoms with E-state index in [0.717, 1.165) is 11.1 Å². The van der Waals surface area contributed by atoms with Crippen molar-refractivity contribution in [3.05, 3.63) is 143 Å². The van der Waals surface area contributed by atoms with E-state index in [4.69, 9.17) is 0 Å². The summed E-state index contributed by atoms with van der Waals surface area (Å²) in [5.41, 5.74) is 3.90. The van der Waals surface area contributed by atoms with Gasteiger partial charge < -0.3 is 0 Å². The lowest BCUT2D eigenvalue weighted by Crippen LogP contribution is -2.19. The highest BCUT2D eigenvalue weighted by atomic mass is 16.1. The van der Waals surface area contributed by atoms with Crippen LogP contribution < -0.4 is 0 Å². The number of benzene rings is 4. The molecule has 174 valence electrons. The molecule has 4 rings (SSSR count). The van der Waals surface area contributed by atoms with Crippen molar-refractivity contribution >= 4 is 17.3 Å². The second-order valence-electron chi connectivity index (χ2n) is 8.72. The Balaban J connectivity index is 1.70. The van der Waals surface area contributed by atoms with Crippen LogP contribution in [-0.4, -0.2) is 17.3 Å². The molecule has 0 N–H and O–H groups in total. The summed E-state index contributed by atoms with van der Waals surface area (Å²) in [4.78, 5) is 40.3. The molecule has 3 nitrogen and oxygen atoms in total. The largest absolute Gasteiger partial charge is 0.294 e. The zero-order chi connectivity index (χ0) is 24.6. The SMILES string of the molecule is CC(C(=O)c1ccccc1)c1cccc(C(=O)Cc2ccccc2)c1C(=O)CCc1ccccc1. The molecule has 35 heavy (non-hydrogen) atoms. The summed E-state index contributed by atoms with van der Waals surface area (Å²) >= 11 is 0. The molecule has 0 aromatic heterocycles. The number of Topliss-reactive ketones (excluding diaryl/α,β-unsaturated/α-hetero) is 3. The molecular formula is C32H28O3. The standard InChI is InChI=1S/C32H28O3/c1-23(32(35)26-16-9-4-10-17-26)27-18-11-19-28(30(34)22-25-14-7-3-8-15-25)31(27)29(33)21-20-24-12-5-2-6-13-24/h2-19,23H,20-22H2,1H3. The molecular weight excluding hydrogens is 432 g/mol. The van der Waals surface area contributed by atoms with E-state index in [-0.39, 0.29) is 30.2 Å². The Labute approximate surface area is 206 Å². The normalized spacial score (nSPS) is 11.6. The number of aryl methyl sites for hydroxylation is 1. The summed E-state index contributed by atoms with van der Waals surface area (Å²) in [6.07, 6.45) is 1.03. The van der Waals surface area contributed by atoms with Gasteiger partial charge in [-0.3, -0.25) is 14.4 Å². The summed E-state index contributed by atoms with van der Waals surface area (Å²) in [7, 11) is 0. The van der Waals surface area contributed by atoms with Gasteiger partial charge in [0, 0.05) is 35.4 Å². The molecule has 0 aliphatic rings. The molecule has 0 heterocycles. The minimum absolute atomic E-state index is 0.0737. The van der Waals surface area contributed by atoms with Crippen LogP contribution in [0.2, 0.25) is 0 Å². The molecule has 0 aliphatic carbocycles. The highest BCUT2D eigenvalue weighted by Gasteiger charge is 2.27. The van der Waals surface area contributed by atoms with E-state index in [1.165, 1.54) is 0 Å². The van der Waals surface area contributed by atoms with Gasteiger partial charge in [-0.15, -0.1) is 0 Å². The first-order valence-electron chi connectivity index (χ1n) is 11.9. The van der Waals surface area contributed by atoms with E-state index in [2.05, 4.69) is 0 Å². The highest BCUT2D eigenvalue weighted by Crippen LogP contribution is 2.29. The molecule has 0 spiro atoms. The van der Waals surface area contributed by atoms with Crippen LogP contribution >= 0.6 is 0 Å². The molecule has 3 heteroatoms. The average Bonchev–Trinajstić information content (AvgIpc) is 2.92. The Hall–Kier alpha value is -4.11. The van der Waals surface area contributed by atoms with Gasteiger partial charge in [-0.1, -0.05) is 116 Å². The first kappa shape index (κ1) is 24.0. The van der Waals surface area contributed by atoms with Crippen molar-refractivity contribution in [2.45, 2.75) is 32.1 Å². The van der Waals surface area contributed by atoms with Gasteiger partial charge in [-0.25, -0.2) is 0 Å². The smallest absolute Gasteiger partial charge is 0.170 e. The molecule has 0 aliphatic heterocycles. The fourth-order valence-corrected chi connectivity index (χ4v) is 4.37. The van der Waals surface area contributed by atoms with Gasteiger partial charge in [0.05, 0.1) is 0 Å². The summed E-state index contributed by atoms with van der Waals surface area (Å²) in [6, 6.07) is 33.7. The van der Waals surface area contributed by atoms with Crippen molar-refractivity contribution in [3.8, 4) is 0 Å². The van der Waals surface area contributed by atoms with Crippen LogP contribution in [0.1, 0.15) is 67.0 Å². The predicted octanol–water partition coefficient (Wildman–Crippen LogP) is 6.91. The lowest BCUT2D eigenvalue weighted by atomic mass is 9.83. The molecule has 0 bridgehead atoms. The van der Waals surface area contributed by atoms with Crippen molar-refractivity contribution in [2.75, 3.05) is 0 Å². The van der Waals surface area contributed by atoms with Crippen molar-refractivity contribution in [2.24, 2.45) is 0 Å². The van der Waals surface area contributed by atoms with Gasteiger partial charge in [-0.05, 0) is 23.1 Å². The Morgan fingerprint density at radius 2 is 1.20 bits per heavy atom. The highest BCUT2D eigenvalue weighted by molar-refractivity contribution is 6.12. The van der Waals surface area contributed by atoms with E-state index in [9.17, 15) is 14.4 Å². The fourth-order valence-electron chi connectivity index (χ4n) is 4.37. The van der Waals surface area contributed by atoms with Gasteiger partial charge in [0.15, 0.2) is 17.3 Å². The lowest BCUT2D eigenvalue weighted by Gasteiger charge is -2.18. The van der Waals surface area contributed by atoms with E-state index in [1.54, 1.807) is 30.3 Å². The quantitative estimate of drug-likeness (QED) is 0.242. The van der Waals surface area contributed by atoms with E-state index >= 15 is 0 Å². The molecule has 0 saturated carbocycles. The van der Waals surface area contributed by atoms with Crippen LogP contribution in [0.25, 0.3) is 0 Å². The Bertz CT molecular complexity index is 1310. The van der Waals surface area contributed by atoms with Crippen molar-refractivity contribution in [3.63, 3.8) is 0 Å². The predicted molar refractivity (Wildman–Crippen MR) is 139 cm³/mol. The van der Waals surface area contributed by atoms with Crippen molar-refractivity contribution in [1.29, 1.82) is 0 Å². The molecule has 0 radical (unpaired) electrons. The third-order valence-electron chi connectivity index (χ3n) is 6.29. The minimum atomic E-state index is -0.558. The van der Waals surface area contributed by atoms with Crippen LogP contribution in [-0.2, 0) is 12.8 Å². The van der Waals surface area contributed by atoms with Gasteiger partial charge in [0.2, 0.25) is 0 Å². The first-order chi connectivity index (χ1) is 17.0. The lowest BCUT2D eigenvalue weighted by molar-refractivity contribution is 0.0945. The number of ketones is 3. The third-order valence-corrected chi connectivity index (χ3v) is 6.29. The van der Waals surface area contributed by atoms with Gasteiger partial charge >= 0.3 is 0 Å². The maximum atomic E-state index is 13.6. The summed E-state index contributed by atoms with van der Waals surface area (Å²) < 4.78 is 0. The summed E-state index contributed by atoms with van der Waals surface area (Å²) in [5.74, 6) is -0.873. The molecule has 4 aromatic rings. The van der Waals surface area contributed by atoms with Crippen LogP contribution in [0.5, 0.6) is 0 Å². The molecule has 0 saturated heterocycles.